The third-order valence-electron chi connectivity index (χ3n) is 5.14. The normalized spacial score (nSPS) is 16.6. The number of ether oxygens (including phenoxy) is 1. The highest BCUT2D eigenvalue weighted by Crippen LogP contribution is 2.21. The maximum atomic E-state index is 11.9. The molecule has 0 aromatic carbocycles. The standard InChI is InChI=1S/C21H42N4O2/c1-5-22-21(24-18(4)12-11-17-25(6-2)7-3)23-16-10-15-20(26)27-19-13-8-9-14-19/h18-19H,5-17H2,1-4H3,(H2,22,23,24). The van der Waals surface area contributed by atoms with Gasteiger partial charge >= 0.3 is 5.97 Å². The molecule has 1 saturated carbocycles. The second-order valence-electron chi connectivity index (χ2n) is 7.48. The summed E-state index contributed by atoms with van der Waals surface area (Å²) >= 11 is 0. The predicted molar refractivity (Wildman–Crippen MR) is 113 cm³/mol. The molecule has 27 heavy (non-hydrogen) atoms. The zero-order valence-electron chi connectivity index (χ0n) is 18.1. The number of hydrogen-bond donors (Lipinski definition) is 2. The highest BCUT2D eigenvalue weighted by atomic mass is 16.5. The van der Waals surface area contributed by atoms with Gasteiger partial charge in [-0.2, -0.15) is 0 Å². The lowest BCUT2D eigenvalue weighted by Gasteiger charge is -2.21. The Hall–Kier alpha value is -1.30. The first-order chi connectivity index (χ1) is 13.1. The molecular formula is C21H42N4O2. The molecule has 1 atom stereocenters. The summed E-state index contributed by atoms with van der Waals surface area (Å²) in [6.07, 6.45) is 8.10. The second kappa shape index (κ2) is 14.7. The van der Waals surface area contributed by atoms with E-state index in [1.54, 1.807) is 0 Å². The molecule has 0 radical (unpaired) electrons. The number of carbonyl (C=O) groups is 1. The maximum absolute atomic E-state index is 11.9. The van der Waals surface area contributed by atoms with Crippen LogP contribution in [0.2, 0.25) is 0 Å². The van der Waals surface area contributed by atoms with E-state index in [1.165, 1.54) is 19.3 Å². The van der Waals surface area contributed by atoms with Gasteiger partial charge in [-0.25, -0.2) is 0 Å². The number of nitrogens with zero attached hydrogens (tertiary/aromatic N) is 2. The van der Waals surface area contributed by atoms with E-state index in [1.807, 2.05) is 0 Å². The summed E-state index contributed by atoms with van der Waals surface area (Å²) in [5.41, 5.74) is 0. The van der Waals surface area contributed by atoms with Gasteiger partial charge in [0.2, 0.25) is 0 Å². The zero-order chi connectivity index (χ0) is 19.9. The first-order valence-corrected chi connectivity index (χ1v) is 11.1. The van der Waals surface area contributed by atoms with Crippen molar-refractivity contribution in [2.75, 3.05) is 32.7 Å². The fourth-order valence-corrected chi connectivity index (χ4v) is 3.45. The monoisotopic (exact) mass is 382 g/mol. The van der Waals surface area contributed by atoms with Crippen LogP contribution >= 0.6 is 0 Å². The molecule has 6 heteroatoms. The highest BCUT2D eigenvalue weighted by Gasteiger charge is 2.18. The summed E-state index contributed by atoms with van der Waals surface area (Å²) in [4.78, 5) is 18.9. The van der Waals surface area contributed by atoms with Crippen LogP contribution in [0.4, 0.5) is 0 Å². The lowest BCUT2D eigenvalue weighted by molar-refractivity contribution is -0.148. The van der Waals surface area contributed by atoms with E-state index in [9.17, 15) is 4.79 Å². The van der Waals surface area contributed by atoms with Gasteiger partial charge in [-0.05, 0) is 78.4 Å². The Balaban J connectivity index is 2.24. The Morgan fingerprint density at radius 1 is 1.19 bits per heavy atom. The fourth-order valence-electron chi connectivity index (χ4n) is 3.45. The molecule has 2 N–H and O–H groups in total. The van der Waals surface area contributed by atoms with Crippen molar-refractivity contribution < 1.29 is 9.53 Å². The van der Waals surface area contributed by atoms with E-state index in [-0.39, 0.29) is 12.1 Å². The molecular weight excluding hydrogens is 340 g/mol. The van der Waals surface area contributed by atoms with Gasteiger partial charge in [-0.3, -0.25) is 9.79 Å². The number of nitrogens with one attached hydrogen (secondary N) is 2. The third kappa shape index (κ3) is 11.2. The molecule has 0 spiro atoms. The minimum Gasteiger partial charge on any atom is -0.462 e. The largest absolute Gasteiger partial charge is 0.462 e. The molecule has 1 rings (SSSR count). The van der Waals surface area contributed by atoms with Gasteiger partial charge in [0, 0.05) is 25.6 Å². The zero-order valence-corrected chi connectivity index (χ0v) is 18.1. The minimum atomic E-state index is -0.0696. The van der Waals surface area contributed by atoms with Crippen molar-refractivity contribution in [2.24, 2.45) is 4.99 Å². The van der Waals surface area contributed by atoms with Crippen LogP contribution in [0.1, 0.15) is 79.1 Å². The van der Waals surface area contributed by atoms with Gasteiger partial charge in [-0.1, -0.05) is 13.8 Å². The van der Waals surface area contributed by atoms with Gasteiger partial charge < -0.3 is 20.3 Å². The predicted octanol–water partition coefficient (Wildman–Crippen LogP) is 3.32. The maximum Gasteiger partial charge on any atom is 0.306 e. The van der Waals surface area contributed by atoms with Gasteiger partial charge in [0.15, 0.2) is 5.96 Å². The molecule has 158 valence electrons. The van der Waals surface area contributed by atoms with E-state index in [2.05, 4.69) is 48.2 Å². The van der Waals surface area contributed by atoms with Crippen LogP contribution in [0.5, 0.6) is 0 Å². The molecule has 0 aromatic heterocycles. The number of aliphatic imine (C=N–C) groups is 1. The van der Waals surface area contributed by atoms with Crippen LogP contribution in [-0.4, -0.2) is 61.7 Å². The number of hydrogen-bond acceptors (Lipinski definition) is 4. The molecule has 0 amide bonds. The molecule has 1 fully saturated rings. The summed E-state index contributed by atoms with van der Waals surface area (Å²) in [7, 11) is 0. The van der Waals surface area contributed by atoms with Crippen LogP contribution in [0.3, 0.4) is 0 Å². The molecule has 0 heterocycles. The van der Waals surface area contributed by atoms with E-state index in [0.29, 0.717) is 19.0 Å². The molecule has 0 aromatic rings. The lowest BCUT2D eigenvalue weighted by atomic mass is 10.2. The average molecular weight is 383 g/mol. The second-order valence-corrected chi connectivity index (χ2v) is 7.48. The molecule has 0 saturated heterocycles. The Kier molecular flexibility index (Phi) is 12.9. The summed E-state index contributed by atoms with van der Waals surface area (Å²) in [5, 5.41) is 6.77. The van der Waals surface area contributed by atoms with Gasteiger partial charge in [0.1, 0.15) is 6.10 Å². The van der Waals surface area contributed by atoms with Crippen LogP contribution in [-0.2, 0) is 9.53 Å². The SMILES string of the molecule is CCNC(=NCCCC(=O)OC1CCCC1)NC(C)CCCN(CC)CC. The van der Waals surface area contributed by atoms with Gasteiger partial charge in [-0.15, -0.1) is 0 Å². The molecule has 1 unspecified atom stereocenters. The average Bonchev–Trinajstić information content (AvgIpc) is 3.15. The summed E-state index contributed by atoms with van der Waals surface area (Å²) < 4.78 is 5.49. The van der Waals surface area contributed by atoms with Crippen molar-refractivity contribution in [1.82, 2.24) is 15.5 Å². The van der Waals surface area contributed by atoms with Crippen LogP contribution < -0.4 is 10.6 Å². The number of rotatable bonds is 13. The van der Waals surface area contributed by atoms with E-state index in [0.717, 1.165) is 57.8 Å². The van der Waals surface area contributed by atoms with Gasteiger partial charge in [0.05, 0.1) is 0 Å². The van der Waals surface area contributed by atoms with Crippen molar-refractivity contribution >= 4 is 11.9 Å². The molecule has 1 aliphatic rings. The van der Waals surface area contributed by atoms with E-state index < -0.39 is 0 Å². The van der Waals surface area contributed by atoms with Crippen LogP contribution in [0, 0.1) is 0 Å². The highest BCUT2D eigenvalue weighted by molar-refractivity contribution is 5.80. The van der Waals surface area contributed by atoms with Crippen molar-refractivity contribution in [3.63, 3.8) is 0 Å². The summed E-state index contributed by atoms with van der Waals surface area (Å²) in [6.45, 7) is 13.6. The smallest absolute Gasteiger partial charge is 0.306 e. The Morgan fingerprint density at radius 2 is 1.89 bits per heavy atom. The van der Waals surface area contributed by atoms with Crippen LogP contribution in [0.25, 0.3) is 0 Å². The Labute approximate surface area is 166 Å². The van der Waals surface area contributed by atoms with Crippen LogP contribution in [0.15, 0.2) is 4.99 Å². The van der Waals surface area contributed by atoms with Crippen molar-refractivity contribution in [3.8, 4) is 0 Å². The fraction of sp³-hybridized carbons (Fsp3) is 0.905. The minimum absolute atomic E-state index is 0.0696. The van der Waals surface area contributed by atoms with Crippen molar-refractivity contribution in [2.45, 2.75) is 91.2 Å². The first-order valence-electron chi connectivity index (χ1n) is 11.1. The quantitative estimate of drug-likeness (QED) is 0.221. The lowest BCUT2D eigenvalue weighted by Crippen LogP contribution is -2.42. The van der Waals surface area contributed by atoms with Crippen molar-refractivity contribution in [3.05, 3.63) is 0 Å². The molecule has 0 aliphatic heterocycles. The summed E-state index contributed by atoms with van der Waals surface area (Å²) in [6, 6.07) is 0.380. The van der Waals surface area contributed by atoms with Crippen molar-refractivity contribution in [1.29, 1.82) is 0 Å². The summed E-state index contributed by atoms with van der Waals surface area (Å²) in [5.74, 6) is 0.775. The Bertz CT molecular complexity index is 418. The molecule has 1 aliphatic carbocycles. The topological polar surface area (TPSA) is 66.0 Å². The van der Waals surface area contributed by atoms with E-state index >= 15 is 0 Å². The molecule has 6 nitrogen and oxygen atoms in total. The number of carbonyl (C=O) groups excluding carboxylic acids is 1. The van der Waals surface area contributed by atoms with Gasteiger partial charge in [0.25, 0.3) is 0 Å². The number of esters is 1. The Morgan fingerprint density at radius 3 is 2.52 bits per heavy atom. The number of guanidine groups is 1. The third-order valence-corrected chi connectivity index (χ3v) is 5.14. The molecule has 0 bridgehead atoms. The van der Waals surface area contributed by atoms with E-state index in [4.69, 9.17) is 4.74 Å². The first kappa shape index (κ1) is 23.7.